The van der Waals surface area contributed by atoms with Crippen molar-refractivity contribution < 1.29 is 23.9 Å². The maximum atomic E-state index is 12.0. The molecular formula is C24H22N2O5. The number of esters is 1. The summed E-state index contributed by atoms with van der Waals surface area (Å²) < 4.78 is 10.3. The molecule has 31 heavy (non-hydrogen) atoms. The number of nitrogens with one attached hydrogen (secondary N) is 2. The van der Waals surface area contributed by atoms with Gasteiger partial charge in [0.15, 0.2) is 19.0 Å². The Balaban J connectivity index is 1.42. The fourth-order valence-corrected chi connectivity index (χ4v) is 2.74. The van der Waals surface area contributed by atoms with Crippen molar-refractivity contribution in [1.29, 1.82) is 0 Å². The molecule has 0 spiro atoms. The van der Waals surface area contributed by atoms with Crippen LogP contribution in [0.4, 0.5) is 17.1 Å². The molecule has 0 radical (unpaired) electrons. The molecule has 0 fully saturated rings. The summed E-state index contributed by atoms with van der Waals surface area (Å²) in [7, 11) is 0. The highest BCUT2D eigenvalue weighted by molar-refractivity contribution is 6.04. The van der Waals surface area contributed by atoms with Gasteiger partial charge in [0.05, 0.1) is 5.69 Å². The minimum Gasteiger partial charge on any atom is -0.482 e. The molecule has 0 atom stereocenters. The third kappa shape index (κ3) is 6.71. The zero-order valence-electron chi connectivity index (χ0n) is 17.0. The summed E-state index contributed by atoms with van der Waals surface area (Å²) in [5, 5.41) is 5.81. The Bertz CT molecular complexity index is 1050. The number of Topliss-reactive ketones (excluding diaryl/α,β-unsaturated/α-hetero) is 1. The minimum absolute atomic E-state index is 0.175. The molecule has 3 aromatic carbocycles. The predicted octanol–water partition coefficient (Wildman–Crippen LogP) is 4.19. The van der Waals surface area contributed by atoms with E-state index in [1.165, 1.54) is 6.92 Å². The molecule has 3 aromatic rings. The van der Waals surface area contributed by atoms with Crippen molar-refractivity contribution in [2.45, 2.75) is 6.92 Å². The molecule has 3 rings (SSSR count). The van der Waals surface area contributed by atoms with E-state index in [2.05, 4.69) is 10.6 Å². The Labute approximate surface area is 180 Å². The SMILES string of the molecule is CC(=O)c1ccccc1NC(=O)COC(=O)COc1ccc(Nc2ccccc2)cc1. The normalized spacial score (nSPS) is 10.1. The molecule has 1 amide bonds. The Morgan fingerprint density at radius 1 is 0.774 bits per heavy atom. The maximum absolute atomic E-state index is 12.0. The number of hydrogen-bond donors (Lipinski definition) is 2. The lowest BCUT2D eigenvalue weighted by Gasteiger charge is -2.10. The Kier molecular flexibility index (Phi) is 7.37. The first-order valence-electron chi connectivity index (χ1n) is 9.61. The second-order valence-electron chi connectivity index (χ2n) is 6.61. The number of anilines is 3. The average molecular weight is 418 g/mol. The van der Waals surface area contributed by atoms with E-state index in [0.29, 0.717) is 17.0 Å². The Hall–Kier alpha value is -4.13. The molecule has 158 valence electrons. The summed E-state index contributed by atoms with van der Waals surface area (Å²) in [4.78, 5) is 35.5. The highest BCUT2D eigenvalue weighted by atomic mass is 16.6. The van der Waals surface area contributed by atoms with Gasteiger partial charge in [0.25, 0.3) is 5.91 Å². The van der Waals surface area contributed by atoms with Crippen molar-refractivity contribution in [3.63, 3.8) is 0 Å². The highest BCUT2D eigenvalue weighted by Crippen LogP contribution is 2.20. The highest BCUT2D eigenvalue weighted by Gasteiger charge is 2.12. The summed E-state index contributed by atoms with van der Waals surface area (Å²) >= 11 is 0. The molecule has 0 aliphatic rings. The van der Waals surface area contributed by atoms with E-state index in [9.17, 15) is 14.4 Å². The number of para-hydroxylation sites is 2. The van der Waals surface area contributed by atoms with Gasteiger partial charge in [-0.25, -0.2) is 4.79 Å². The zero-order valence-corrected chi connectivity index (χ0v) is 17.0. The number of ketones is 1. The van der Waals surface area contributed by atoms with Crippen LogP contribution in [0.15, 0.2) is 78.9 Å². The van der Waals surface area contributed by atoms with Gasteiger partial charge in [-0.15, -0.1) is 0 Å². The van der Waals surface area contributed by atoms with E-state index in [4.69, 9.17) is 9.47 Å². The van der Waals surface area contributed by atoms with Crippen LogP contribution in [0.3, 0.4) is 0 Å². The molecule has 0 heterocycles. The van der Waals surface area contributed by atoms with Crippen LogP contribution in [0.25, 0.3) is 0 Å². The minimum atomic E-state index is -0.679. The number of rotatable bonds is 9. The number of ether oxygens (including phenoxy) is 2. The zero-order chi connectivity index (χ0) is 22.1. The van der Waals surface area contributed by atoms with E-state index in [-0.39, 0.29) is 12.4 Å². The first kappa shape index (κ1) is 21.6. The molecule has 0 aliphatic carbocycles. The van der Waals surface area contributed by atoms with Crippen LogP contribution in [-0.2, 0) is 14.3 Å². The third-order valence-corrected chi connectivity index (χ3v) is 4.22. The Morgan fingerprint density at radius 2 is 1.42 bits per heavy atom. The average Bonchev–Trinajstić information content (AvgIpc) is 2.78. The van der Waals surface area contributed by atoms with Crippen molar-refractivity contribution in [3.8, 4) is 5.75 Å². The van der Waals surface area contributed by atoms with E-state index >= 15 is 0 Å². The number of benzene rings is 3. The molecule has 0 aliphatic heterocycles. The first-order valence-corrected chi connectivity index (χ1v) is 9.61. The molecule has 0 unspecified atom stereocenters. The van der Waals surface area contributed by atoms with E-state index in [1.54, 1.807) is 36.4 Å². The first-order chi connectivity index (χ1) is 15.0. The van der Waals surface area contributed by atoms with E-state index in [1.807, 2.05) is 42.5 Å². The van der Waals surface area contributed by atoms with Crippen LogP contribution < -0.4 is 15.4 Å². The number of carbonyl (C=O) groups is 3. The number of carbonyl (C=O) groups excluding carboxylic acids is 3. The van der Waals surface area contributed by atoms with Crippen molar-refractivity contribution in [1.82, 2.24) is 0 Å². The van der Waals surface area contributed by atoms with E-state index in [0.717, 1.165) is 11.4 Å². The molecule has 0 saturated carbocycles. The predicted molar refractivity (Wildman–Crippen MR) is 118 cm³/mol. The summed E-state index contributed by atoms with van der Waals surface area (Å²) in [5.41, 5.74) is 2.60. The van der Waals surface area contributed by atoms with Crippen LogP contribution in [-0.4, -0.2) is 30.9 Å². The fourth-order valence-electron chi connectivity index (χ4n) is 2.74. The van der Waals surface area contributed by atoms with Crippen LogP contribution in [0.2, 0.25) is 0 Å². The molecule has 7 nitrogen and oxygen atoms in total. The van der Waals surface area contributed by atoms with Gasteiger partial charge < -0.3 is 20.1 Å². The van der Waals surface area contributed by atoms with Gasteiger partial charge in [-0.1, -0.05) is 30.3 Å². The smallest absolute Gasteiger partial charge is 0.344 e. The lowest BCUT2D eigenvalue weighted by atomic mass is 10.1. The van der Waals surface area contributed by atoms with Gasteiger partial charge in [0.1, 0.15) is 5.75 Å². The van der Waals surface area contributed by atoms with Crippen molar-refractivity contribution >= 4 is 34.7 Å². The monoisotopic (exact) mass is 418 g/mol. The summed E-state index contributed by atoms with van der Waals surface area (Å²) in [6.07, 6.45) is 0. The van der Waals surface area contributed by atoms with Crippen LogP contribution in [0.5, 0.6) is 5.75 Å². The summed E-state index contributed by atoms with van der Waals surface area (Å²) in [6.45, 7) is 0.601. The topological polar surface area (TPSA) is 93.7 Å². The lowest BCUT2D eigenvalue weighted by molar-refractivity contribution is -0.149. The summed E-state index contributed by atoms with van der Waals surface area (Å²) in [5.74, 6) is -0.901. The molecule has 2 N–H and O–H groups in total. The van der Waals surface area contributed by atoms with Crippen molar-refractivity contribution in [2.24, 2.45) is 0 Å². The van der Waals surface area contributed by atoms with Crippen LogP contribution in [0.1, 0.15) is 17.3 Å². The van der Waals surface area contributed by atoms with Crippen LogP contribution >= 0.6 is 0 Å². The standard InChI is InChI=1S/C24H22N2O5/c1-17(27)21-9-5-6-10-22(21)26-23(28)15-31-24(29)16-30-20-13-11-19(12-14-20)25-18-7-3-2-4-8-18/h2-14,25H,15-16H2,1H3,(H,26,28). The second kappa shape index (κ2) is 10.6. The largest absolute Gasteiger partial charge is 0.482 e. The molecule has 7 heteroatoms. The van der Waals surface area contributed by atoms with Gasteiger partial charge in [-0.3, -0.25) is 9.59 Å². The Morgan fingerprint density at radius 3 is 2.13 bits per heavy atom. The maximum Gasteiger partial charge on any atom is 0.344 e. The molecule has 0 aromatic heterocycles. The quantitative estimate of drug-likeness (QED) is 0.400. The van der Waals surface area contributed by atoms with Gasteiger partial charge in [-0.2, -0.15) is 0 Å². The van der Waals surface area contributed by atoms with E-state index < -0.39 is 18.5 Å². The third-order valence-electron chi connectivity index (χ3n) is 4.22. The van der Waals surface area contributed by atoms with Crippen LogP contribution in [0, 0.1) is 0 Å². The van der Waals surface area contributed by atoms with Gasteiger partial charge in [-0.05, 0) is 55.5 Å². The molecule has 0 bridgehead atoms. The molecular weight excluding hydrogens is 396 g/mol. The van der Waals surface area contributed by atoms with Gasteiger partial charge in [0, 0.05) is 16.9 Å². The fraction of sp³-hybridized carbons (Fsp3) is 0.125. The number of hydrogen-bond acceptors (Lipinski definition) is 6. The summed E-state index contributed by atoms with van der Waals surface area (Å²) in [6, 6.07) is 23.4. The number of amides is 1. The van der Waals surface area contributed by atoms with Gasteiger partial charge >= 0.3 is 5.97 Å². The van der Waals surface area contributed by atoms with Crippen molar-refractivity contribution in [2.75, 3.05) is 23.8 Å². The second-order valence-corrected chi connectivity index (χ2v) is 6.61. The van der Waals surface area contributed by atoms with Crippen molar-refractivity contribution in [3.05, 3.63) is 84.4 Å². The molecule has 0 saturated heterocycles. The van der Waals surface area contributed by atoms with Gasteiger partial charge in [0.2, 0.25) is 0 Å². The lowest BCUT2D eigenvalue weighted by Crippen LogP contribution is -2.24.